The number of carbonyl (C=O) groups is 2. The van der Waals surface area contributed by atoms with Crippen molar-refractivity contribution in [2.24, 2.45) is 0 Å². The van der Waals surface area contributed by atoms with Gasteiger partial charge in [0.05, 0.1) is 28.9 Å². The van der Waals surface area contributed by atoms with Crippen LogP contribution >= 0.6 is 0 Å². The Bertz CT molecular complexity index is 1330. The van der Waals surface area contributed by atoms with Crippen LogP contribution in [0.5, 0.6) is 5.75 Å². The zero-order valence-corrected chi connectivity index (χ0v) is 21.0. The first-order valence-electron chi connectivity index (χ1n) is 11.3. The lowest BCUT2D eigenvalue weighted by molar-refractivity contribution is -0.114. The maximum absolute atomic E-state index is 14.7. The van der Waals surface area contributed by atoms with E-state index in [1.807, 2.05) is 13.8 Å². The normalized spacial score (nSPS) is 11.9. The van der Waals surface area contributed by atoms with E-state index in [9.17, 15) is 22.4 Å². The Morgan fingerprint density at radius 2 is 1.64 bits per heavy atom. The Balaban J connectivity index is 1.93. The average molecular weight is 514 g/mol. The number of para-hydroxylation sites is 2. The van der Waals surface area contributed by atoms with Crippen molar-refractivity contribution in [2.75, 3.05) is 23.3 Å². The third kappa shape index (κ3) is 6.19. The summed E-state index contributed by atoms with van der Waals surface area (Å²) in [7, 11) is -2.89. The molecule has 0 aliphatic heterocycles. The van der Waals surface area contributed by atoms with Gasteiger partial charge >= 0.3 is 0 Å². The number of sulfonamides is 1. The summed E-state index contributed by atoms with van der Waals surface area (Å²) < 4.78 is 47.4. The lowest BCUT2D eigenvalue weighted by Gasteiger charge is -2.25. The molecule has 0 spiro atoms. The standard InChI is InChI=1S/C26H28FN3O5S/c1-4-18(2)28-26(32)21-9-5-7-11-23(21)29-25(31)17-30(24-12-8-6-10-22(24)27)36(33,34)20-15-13-19(35-3)14-16-20/h5-16,18H,4,17H2,1-3H3,(H,28,32)(H,29,31). The van der Waals surface area contributed by atoms with Gasteiger partial charge in [0.1, 0.15) is 18.1 Å². The summed E-state index contributed by atoms with van der Waals surface area (Å²) in [5, 5.41) is 5.43. The van der Waals surface area contributed by atoms with Crippen LogP contribution < -0.4 is 19.7 Å². The van der Waals surface area contributed by atoms with E-state index in [1.165, 1.54) is 55.6 Å². The number of amides is 2. The van der Waals surface area contributed by atoms with E-state index in [1.54, 1.807) is 18.2 Å². The second kappa shape index (κ2) is 11.7. The van der Waals surface area contributed by atoms with Gasteiger partial charge < -0.3 is 15.4 Å². The molecule has 0 aromatic heterocycles. The molecule has 190 valence electrons. The molecule has 0 saturated carbocycles. The summed E-state index contributed by atoms with van der Waals surface area (Å²) >= 11 is 0. The van der Waals surface area contributed by atoms with Crippen LogP contribution in [0.4, 0.5) is 15.8 Å². The Hall–Kier alpha value is -3.92. The van der Waals surface area contributed by atoms with Gasteiger partial charge in [-0.05, 0) is 61.9 Å². The smallest absolute Gasteiger partial charge is 0.264 e. The van der Waals surface area contributed by atoms with Crippen molar-refractivity contribution in [2.45, 2.75) is 31.2 Å². The molecule has 3 aromatic rings. The average Bonchev–Trinajstić information content (AvgIpc) is 2.88. The highest BCUT2D eigenvalue weighted by molar-refractivity contribution is 7.92. The number of rotatable bonds is 10. The zero-order chi connectivity index (χ0) is 26.3. The number of hydrogen-bond acceptors (Lipinski definition) is 5. The molecular formula is C26H28FN3O5S. The molecule has 36 heavy (non-hydrogen) atoms. The predicted molar refractivity (Wildman–Crippen MR) is 136 cm³/mol. The number of methoxy groups -OCH3 is 1. The molecule has 3 rings (SSSR count). The molecule has 1 unspecified atom stereocenters. The molecule has 0 aliphatic carbocycles. The van der Waals surface area contributed by atoms with Crippen LogP contribution in [-0.4, -0.2) is 39.9 Å². The molecule has 2 amide bonds. The largest absolute Gasteiger partial charge is 0.497 e. The molecular weight excluding hydrogens is 485 g/mol. The number of halogens is 1. The van der Waals surface area contributed by atoms with Gasteiger partial charge in [-0.2, -0.15) is 0 Å². The van der Waals surface area contributed by atoms with Gasteiger partial charge in [-0.1, -0.05) is 31.2 Å². The van der Waals surface area contributed by atoms with Crippen molar-refractivity contribution in [1.82, 2.24) is 5.32 Å². The third-order valence-corrected chi connectivity index (χ3v) is 7.27. The van der Waals surface area contributed by atoms with Gasteiger partial charge in [0, 0.05) is 6.04 Å². The first kappa shape index (κ1) is 26.7. The lowest BCUT2D eigenvalue weighted by Crippen LogP contribution is -2.39. The van der Waals surface area contributed by atoms with E-state index in [4.69, 9.17) is 4.74 Å². The van der Waals surface area contributed by atoms with E-state index >= 15 is 0 Å². The van der Waals surface area contributed by atoms with Crippen LogP contribution in [-0.2, 0) is 14.8 Å². The second-order valence-electron chi connectivity index (χ2n) is 8.02. The van der Waals surface area contributed by atoms with E-state index in [2.05, 4.69) is 10.6 Å². The summed E-state index contributed by atoms with van der Waals surface area (Å²) in [4.78, 5) is 25.6. The highest BCUT2D eigenvalue weighted by atomic mass is 32.2. The Labute approximate surface area is 210 Å². The van der Waals surface area contributed by atoms with Crippen molar-refractivity contribution in [1.29, 1.82) is 0 Å². The Kier molecular flexibility index (Phi) is 8.65. The van der Waals surface area contributed by atoms with Crippen molar-refractivity contribution in [3.05, 3.63) is 84.2 Å². The SMILES string of the molecule is CCC(C)NC(=O)c1ccccc1NC(=O)CN(c1ccccc1F)S(=O)(=O)c1ccc(OC)cc1. The van der Waals surface area contributed by atoms with Crippen molar-refractivity contribution in [3.8, 4) is 5.75 Å². The van der Waals surface area contributed by atoms with Gasteiger partial charge in [0.25, 0.3) is 15.9 Å². The molecule has 1 atom stereocenters. The fraction of sp³-hybridized carbons (Fsp3) is 0.231. The minimum absolute atomic E-state index is 0.0764. The van der Waals surface area contributed by atoms with Gasteiger partial charge in [0.15, 0.2) is 0 Å². The molecule has 10 heteroatoms. The first-order chi connectivity index (χ1) is 17.2. The van der Waals surface area contributed by atoms with Crippen molar-refractivity contribution < 1.29 is 27.1 Å². The minimum atomic E-state index is -4.34. The number of ether oxygens (including phenoxy) is 1. The molecule has 0 heterocycles. The number of hydrogen-bond donors (Lipinski definition) is 2. The minimum Gasteiger partial charge on any atom is -0.497 e. The maximum atomic E-state index is 14.7. The highest BCUT2D eigenvalue weighted by Crippen LogP contribution is 2.27. The monoisotopic (exact) mass is 513 g/mol. The quantitative estimate of drug-likeness (QED) is 0.423. The molecule has 0 saturated heterocycles. The summed E-state index contributed by atoms with van der Waals surface area (Å²) in [6.45, 7) is 3.06. The highest BCUT2D eigenvalue weighted by Gasteiger charge is 2.29. The zero-order valence-electron chi connectivity index (χ0n) is 20.2. The first-order valence-corrected chi connectivity index (χ1v) is 12.7. The number of nitrogens with one attached hydrogen (secondary N) is 2. The van der Waals surface area contributed by atoms with E-state index < -0.39 is 28.3 Å². The van der Waals surface area contributed by atoms with Crippen LogP contribution in [0.3, 0.4) is 0 Å². The number of anilines is 2. The maximum Gasteiger partial charge on any atom is 0.264 e. The van der Waals surface area contributed by atoms with Crippen molar-refractivity contribution >= 4 is 33.2 Å². The van der Waals surface area contributed by atoms with E-state index in [0.29, 0.717) is 10.1 Å². The molecule has 8 nitrogen and oxygen atoms in total. The summed E-state index contributed by atoms with van der Waals surface area (Å²) in [6, 6.07) is 17.1. The van der Waals surface area contributed by atoms with Gasteiger partial charge in [-0.15, -0.1) is 0 Å². The van der Waals surface area contributed by atoms with Crippen molar-refractivity contribution in [3.63, 3.8) is 0 Å². The summed E-state index contributed by atoms with van der Waals surface area (Å²) in [6.07, 6.45) is 0.723. The summed E-state index contributed by atoms with van der Waals surface area (Å²) in [5.74, 6) is -1.50. The topological polar surface area (TPSA) is 105 Å². The van der Waals surface area contributed by atoms with Crippen LogP contribution in [0.15, 0.2) is 77.7 Å². The van der Waals surface area contributed by atoms with Crippen LogP contribution in [0.2, 0.25) is 0 Å². The fourth-order valence-electron chi connectivity index (χ4n) is 3.34. The van der Waals surface area contributed by atoms with Gasteiger partial charge in [-0.25, -0.2) is 12.8 Å². The molecule has 3 aromatic carbocycles. The van der Waals surface area contributed by atoms with E-state index in [0.717, 1.165) is 12.5 Å². The molecule has 0 fully saturated rings. The number of benzene rings is 3. The van der Waals surface area contributed by atoms with Crippen LogP contribution in [0, 0.1) is 5.82 Å². The number of nitrogens with zero attached hydrogens (tertiary/aromatic N) is 1. The molecule has 2 N–H and O–H groups in total. The summed E-state index contributed by atoms with van der Waals surface area (Å²) in [5.41, 5.74) is 0.145. The predicted octanol–water partition coefficient (Wildman–Crippen LogP) is 4.20. The van der Waals surface area contributed by atoms with Gasteiger partial charge in [-0.3, -0.25) is 13.9 Å². The Morgan fingerprint density at radius 3 is 2.28 bits per heavy atom. The second-order valence-corrected chi connectivity index (χ2v) is 9.88. The Morgan fingerprint density at radius 1 is 1.00 bits per heavy atom. The fourth-order valence-corrected chi connectivity index (χ4v) is 4.77. The third-order valence-electron chi connectivity index (χ3n) is 5.49. The molecule has 0 radical (unpaired) electrons. The molecule has 0 aliphatic rings. The van der Waals surface area contributed by atoms with Crippen LogP contribution in [0.25, 0.3) is 0 Å². The number of carbonyl (C=O) groups excluding carboxylic acids is 2. The van der Waals surface area contributed by atoms with Crippen LogP contribution in [0.1, 0.15) is 30.6 Å². The van der Waals surface area contributed by atoms with Gasteiger partial charge in [0.2, 0.25) is 5.91 Å². The lowest BCUT2D eigenvalue weighted by atomic mass is 10.1. The van der Waals surface area contributed by atoms with E-state index in [-0.39, 0.29) is 33.8 Å². The molecule has 0 bridgehead atoms.